The number of pyridine rings is 1. The number of hydrogen-bond acceptors (Lipinski definition) is 7. The summed E-state index contributed by atoms with van der Waals surface area (Å²) < 4.78 is 6.30. The summed E-state index contributed by atoms with van der Waals surface area (Å²) in [6.07, 6.45) is 5.12. The molecule has 2 aromatic carbocycles. The van der Waals surface area contributed by atoms with Gasteiger partial charge < -0.3 is 15.0 Å². The number of hydrogen-bond donors (Lipinski definition) is 2. The van der Waals surface area contributed by atoms with Gasteiger partial charge in [-0.05, 0) is 84.6 Å². The van der Waals surface area contributed by atoms with Crippen molar-refractivity contribution in [3.63, 3.8) is 0 Å². The van der Waals surface area contributed by atoms with Crippen LogP contribution >= 0.6 is 0 Å². The van der Waals surface area contributed by atoms with E-state index in [0.717, 1.165) is 33.7 Å². The third kappa shape index (κ3) is 4.07. The lowest BCUT2D eigenvalue weighted by atomic mass is 10.0. The van der Waals surface area contributed by atoms with E-state index < -0.39 is 0 Å². The van der Waals surface area contributed by atoms with E-state index >= 15 is 0 Å². The summed E-state index contributed by atoms with van der Waals surface area (Å²) in [4.78, 5) is 20.5. The summed E-state index contributed by atoms with van der Waals surface area (Å²) in [6.45, 7) is 4.02. The predicted octanol–water partition coefficient (Wildman–Crippen LogP) is 5.44. The molecule has 5 aromatic rings. The average Bonchev–Trinajstić information content (AvgIpc) is 3.31. The number of rotatable bonds is 5. The number of aryl methyl sites for hydroxylation is 2. The van der Waals surface area contributed by atoms with Crippen molar-refractivity contribution in [3.05, 3.63) is 83.9 Å². The summed E-state index contributed by atoms with van der Waals surface area (Å²) in [7, 11) is 0. The molecule has 0 unspecified atom stereocenters. The molecule has 0 aliphatic carbocycles. The SMILES string of the molecule is Cc1cc(-c2ccncc2)cc(C)c1Oc1nc(Nc2ccc(C#N)cc2)nc2nc[nH]c12. The number of nitriles is 1. The fourth-order valence-electron chi connectivity index (χ4n) is 3.61. The van der Waals surface area contributed by atoms with Gasteiger partial charge in [-0.3, -0.25) is 4.98 Å². The number of H-pyrrole nitrogens is 1. The van der Waals surface area contributed by atoms with Gasteiger partial charge >= 0.3 is 0 Å². The van der Waals surface area contributed by atoms with Crippen molar-refractivity contribution in [3.8, 4) is 28.8 Å². The molecule has 0 atom stereocenters. The number of aromatic amines is 1. The quantitative estimate of drug-likeness (QED) is 0.379. The summed E-state index contributed by atoms with van der Waals surface area (Å²) in [5, 5.41) is 12.1. The molecule has 0 saturated carbocycles. The topological polar surface area (TPSA) is 112 Å². The maximum absolute atomic E-state index is 8.99. The number of ether oxygens (including phenoxy) is 1. The highest BCUT2D eigenvalue weighted by Gasteiger charge is 2.16. The second-order valence-corrected chi connectivity index (χ2v) is 7.54. The number of anilines is 2. The monoisotopic (exact) mass is 433 g/mol. The fourth-order valence-corrected chi connectivity index (χ4v) is 3.61. The van der Waals surface area contributed by atoms with Gasteiger partial charge in [-0.1, -0.05) is 0 Å². The maximum Gasteiger partial charge on any atom is 0.250 e. The molecule has 0 fully saturated rings. The van der Waals surface area contributed by atoms with Crippen molar-refractivity contribution < 1.29 is 4.74 Å². The van der Waals surface area contributed by atoms with Crippen molar-refractivity contribution in [2.24, 2.45) is 0 Å². The van der Waals surface area contributed by atoms with E-state index in [-0.39, 0.29) is 0 Å². The Morgan fingerprint density at radius 3 is 2.36 bits per heavy atom. The van der Waals surface area contributed by atoms with Crippen LogP contribution in [0, 0.1) is 25.2 Å². The zero-order chi connectivity index (χ0) is 22.8. The standard InChI is InChI=1S/C25H19N7O/c1-15-11-19(18-7-9-27-10-8-18)12-16(2)22(15)33-24-21-23(29-14-28-21)31-25(32-24)30-20-5-3-17(13-26)4-6-20/h3-12,14H,1-2H3,(H2,28,29,30,31,32). The lowest BCUT2D eigenvalue weighted by molar-refractivity contribution is 0.461. The van der Waals surface area contributed by atoms with E-state index in [2.05, 4.69) is 48.4 Å². The van der Waals surface area contributed by atoms with Crippen molar-refractivity contribution in [1.82, 2.24) is 24.9 Å². The van der Waals surface area contributed by atoms with E-state index in [0.29, 0.717) is 28.6 Å². The number of nitrogens with one attached hydrogen (secondary N) is 2. The zero-order valence-electron chi connectivity index (χ0n) is 18.0. The van der Waals surface area contributed by atoms with Gasteiger partial charge in [0.25, 0.3) is 5.88 Å². The Bertz CT molecular complexity index is 1460. The second-order valence-electron chi connectivity index (χ2n) is 7.54. The van der Waals surface area contributed by atoms with Crippen LogP contribution in [-0.2, 0) is 0 Å². The first kappa shape index (κ1) is 20.2. The minimum Gasteiger partial charge on any atom is -0.436 e. The fraction of sp³-hybridized carbons (Fsp3) is 0.0800. The number of benzene rings is 2. The Morgan fingerprint density at radius 1 is 0.939 bits per heavy atom. The Morgan fingerprint density at radius 2 is 1.67 bits per heavy atom. The van der Waals surface area contributed by atoms with Crippen LogP contribution in [0.1, 0.15) is 16.7 Å². The van der Waals surface area contributed by atoms with E-state index in [1.165, 1.54) is 0 Å². The summed E-state index contributed by atoms with van der Waals surface area (Å²) in [5.74, 6) is 1.45. The molecule has 8 nitrogen and oxygen atoms in total. The second kappa shape index (κ2) is 8.40. The van der Waals surface area contributed by atoms with Gasteiger partial charge in [0.2, 0.25) is 5.95 Å². The Labute approximate surface area is 190 Å². The molecule has 0 aliphatic rings. The highest BCUT2D eigenvalue weighted by molar-refractivity contribution is 5.78. The highest BCUT2D eigenvalue weighted by Crippen LogP contribution is 2.35. The van der Waals surface area contributed by atoms with Gasteiger partial charge in [-0.15, -0.1) is 0 Å². The molecule has 2 N–H and O–H groups in total. The molecule has 0 spiro atoms. The first-order valence-corrected chi connectivity index (χ1v) is 10.3. The van der Waals surface area contributed by atoms with Crippen molar-refractivity contribution >= 4 is 22.8 Å². The van der Waals surface area contributed by atoms with Gasteiger partial charge in [-0.2, -0.15) is 15.2 Å². The summed E-state index contributed by atoms with van der Waals surface area (Å²) >= 11 is 0. The van der Waals surface area contributed by atoms with Gasteiger partial charge in [0, 0.05) is 18.1 Å². The molecule has 0 bridgehead atoms. The Balaban J connectivity index is 1.50. The average molecular weight is 433 g/mol. The number of imidazole rings is 1. The molecule has 0 amide bonds. The molecule has 160 valence electrons. The maximum atomic E-state index is 8.99. The molecule has 0 radical (unpaired) electrons. The molecule has 3 heterocycles. The lowest BCUT2D eigenvalue weighted by Crippen LogP contribution is -2.01. The molecular formula is C25H19N7O. The summed E-state index contributed by atoms with van der Waals surface area (Å²) in [6, 6.07) is 17.3. The van der Waals surface area contributed by atoms with Crippen LogP contribution in [0.2, 0.25) is 0 Å². The van der Waals surface area contributed by atoms with Crippen LogP contribution in [0.5, 0.6) is 11.6 Å². The van der Waals surface area contributed by atoms with Gasteiger partial charge in [0.1, 0.15) is 11.3 Å². The molecule has 0 aliphatic heterocycles. The minimum atomic E-state index is 0.345. The predicted molar refractivity (Wildman–Crippen MR) is 125 cm³/mol. The number of aromatic nitrogens is 5. The van der Waals surface area contributed by atoms with E-state index in [4.69, 9.17) is 10.00 Å². The number of fused-ring (bicyclic) bond motifs is 1. The van der Waals surface area contributed by atoms with Crippen LogP contribution in [-0.4, -0.2) is 24.9 Å². The van der Waals surface area contributed by atoms with Gasteiger partial charge in [0.15, 0.2) is 5.65 Å². The van der Waals surface area contributed by atoms with Crippen molar-refractivity contribution in [2.75, 3.05) is 5.32 Å². The largest absolute Gasteiger partial charge is 0.436 e. The van der Waals surface area contributed by atoms with E-state index in [1.54, 1.807) is 43.0 Å². The van der Waals surface area contributed by atoms with E-state index in [1.807, 2.05) is 26.0 Å². The van der Waals surface area contributed by atoms with Crippen molar-refractivity contribution in [1.29, 1.82) is 5.26 Å². The third-order valence-corrected chi connectivity index (χ3v) is 5.20. The van der Waals surface area contributed by atoms with Gasteiger partial charge in [0.05, 0.1) is 18.0 Å². The summed E-state index contributed by atoms with van der Waals surface area (Å²) in [5.41, 5.74) is 6.58. The lowest BCUT2D eigenvalue weighted by Gasteiger charge is -2.14. The van der Waals surface area contributed by atoms with Crippen molar-refractivity contribution in [2.45, 2.75) is 13.8 Å². The molecular weight excluding hydrogens is 414 g/mol. The zero-order valence-corrected chi connectivity index (χ0v) is 18.0. The van der Waals surface area contributed by atoms with Crippen LogP contribution < -0.4 is 10.1 Å². The Kier molecular flexibility index (Phi) is 5.13. The van der Waals surface area contributed by atoms with Crippen LogP contribution in [0.15, 0.2) is 67.3 Å². The smallest absolute Gasteiger partial charge is 0.250 e. The molecule has 8 heteroatoms. The first-order chi connectivity index (χ1) is 16.1. The van der Waals surface area contributed by atoms with Crippen LogP contribution in [0.25, 0.3) is 22.3 Å². The normalized spacial score (nSPS) is 10.7. The third-order valence-electron chi connectivity index (χ3n) is 5.20. The Hall–Kier alpha value is -4.77. The molecule has 5 rings (SSSR count). The number of nitrogens with zero attached hydrogens (tertiary/aromatic N) is 5. The van der Waals surface area contributed by atoms with E-state index in [9.17, 15) is 0 Å². The highest BCUT2D eigenvalue weighted by atomic mass is 16.5. The van der Waals surface area contributed by atoms with Crippen LogP contribution in [0.3, 0.4) is 0 Å². The van der Waals surface area contributed by atoms with Gasteiger partial charge in [-0.25, -0.2) is 4.98 Å². The van der Waals surface area contributed by atoms with Crippen LogP contribution in [0.4, 0.5) is 11.6 Å². The molecule has 3 aromatic heterocycles. The molecule has 33 heavy (non-hydrogen) atoms. The molecule has 0 saturated heterocycles. The first-order valence-electron chi connectivity index (χ1n) is 10.3. The minimum absolute atomic E-state index is 0.345.